The molecule has 0 aromatic heterocycles. The highest BCUT2D eigenvalue weighted by molar-refractivity contribution is 7.89. The third-order valence-corrected chi connectivity index (χ3v) is 7.19. The average Bonchev–Trinajstić information content (AvgIpc) is 2.73. The summed E-state index contributed by atoms with van der Waals surface area (Å²) in [6.45, 7) is 4.88. The van der Waals surface area contributed by atoms with E-state index in [1.165, 1.54) is 25.7 Å². The second-order valence-corrected chi connectivity index (χ2v) is 10.3. The first-order valence-electron chi connectivity index (χ1n) is 11.5. The summed E-state index contributed by atoms with van der Waals surface area (Å²) in [4.78, 5) is 11.2. The number of benzene rings is 1. The molecular formula is C23H38N2O5S. The Morgan fingerprint density at radius 2 is 1.90 bits per heavy atom. The summed E-state index contributed by atoms with van der Waals surface area (Å²) in [5, 5.41) is 12.5. The van der Waals surface area contributed by atoms with E-state index in [1.54, 1.807) is 0 Å². The maximum absolute atomic E-state index is 12.2. The minimum atomic E-state index is -3.48. The van der Waals surface area contributed by atoms with Crippen LogP contribution in [0.15, 0.2) is 24.3 Å². The van der Waals surface area contributed by atoms with Gasteiger partial charge in [0.05, 0.1) is 18.8 Å². The van der Waals surface area contributed by atoms with E-state index in [2.05, 4.69) is 10.0 Å². The quantitative estimate of drug-likeness (QED) is 0.351. The number of sulfonamides is 1. The number of rotatable bonds is 15. The Bertz CT molecular complexity index is 746. The van der Waals surface area contributed by atoms with E-state index in [1.807, 2.05) is 31.2 Å². The molecule has 3 N–H and O–H groups in total. The molecule has 0 unspecified atom stereocenters. The van der Waals surface area contributed by atoms with Gasteiger partial charge in [0.1, 0.15) is 5.75 Å². The van der Waals surface area contributed by atoms with Crippen LogP contribution < -0.4 is 14.8 Å². The van der Waals surface area contributed by atoms with Gasteiger partial charge < -0.3 is 15.2 Å². The number of piperidine rings is 1. The van der Waals surface area contributed by atoms with Crippen LogP contribution in [-0.4, -0.2) is 51.0 Å². The number of nitrogens with one attached hydrogen (secondary N) is 2. The summed E-state index contributed by atoms with van der Waals surface area (Å²) in [7, 11) is -3.48. The van der Waals surface area contributed by atoms with Crippen molar-refractivity contribution >= 4 is 16.0 Å². The standard InChI is InChI=1S/C23H38N2O5S/c1-2-3-16-31(28,29)25-21(18-23(26)27)17-20-7-9-22(10-8-20)30-15-5-4-6-19-11-13-24-14-12-19/h7-10,19,21,24-25H,2-6,11-18H2,1H3,(H,26,27)/t21-/m0/s1. The molecule has 0 bridgehead atoms. The molecule has 1 aliphatic rings. The number of carboxylic acids is 1. The van der Waals surface area contributed by atoms with Crippen LogP contribution in [0.5, 0.6) is 5.75 Å². The number of carbonyl (C=O) groups is 1. The highest BCUT2D eigenvalue weighted by Crippen LogP contribution is 2.19. The lowest BCUT2D eigenvalue weighted by Gasteiger charge is -2.22. The monoisotopic (exact) mass is 454 g/mol. The first-order chi connectivity index (χ1) is 14.9. The van der Waals surface area contributed by atoms with Crippen LogP contribution in [0.4, 0.5) is 0 Å². The van der Waals surface area contributed by atoms with E-state index in [4.69, 9.17) is 9.84 Å². The largest absolute Gasteiger partial charge is 0.494 e. The highest BCUT2D eigenvalue weighted by atomic mass is 32.2. The van der Waals surface area contributed by atoms with Crippen molar-refractivity contribution in [2.75, 3.05) is 25.4 Å². The first kappa shape index (κ1) is 25.6. The van der Waals surface area contributed by atoms with E-state index in [-0.39, 0.29) is 12.2 Å². The number of aliphatic carboxylic acids is 1. The fraction of sp³-hybridized carbons (Fsp3) is 0.696. The Hall–Kier alpha value is -1.64. The number of ether oxygens (including phenoxy) is 1. The predicted octanol–water partition coefficient (Wildman–Crippen LogP) is 3.34. The van der Waals surface area contributed by atoms with Crippen LogP contribution in [-0.2, 0) is 21.2 Å². The van der Waals surface area contributed by atoms with Crippen molar-refractivity contribution < 1.29 is 23.1 Å². The normalized spacial score (nSPS) is 16.2. The third-order valence-electron chi connectivity index (χ3n) is 5.67. The van der Waals surface area contributed by atoms with Crippen molar-refractivity contribution in [3.8, 4) is 5.75 Å². The molecule has 8 heteroatoms. The molecule has 1 aliphatic heterocycles. The van der Waals surface area contributed by atoms with Crippen LogP contribution in [0.25, 0.3) is 0 Å². The molecule has 1 aromatic rings. The molecule has 7 nitrogen and oxygen atoms in total. The molecule has 0 saturated carbocycles. The SMILES string of the molecule is CCCCS(=O)(=O)N[C@H](CC(=O)O)Cc1ccc(OCCCCC2CCNCC2)cc1. The van der Waals surface area contributed by atoms with Crippen LogP contribution in [0.2, 0.25) is 0 Å². The molecule has 1 heterocycles. The van der Waals surface area contributed by atoms with E-state index >= 15 is 0 Å². The number of hydrogen-bond acceptors (Lipinski definition) is 5. The molecular weight excluding hydrogens is 416 g/mol. The second-order valence-electron chi connectivity index (χ2n) is 8.47. The van der Waals surface area contributed by atoms with Crippen LogP contribution in [0, 0.1) is 5.92 Å². The molecule has 0 spiro atoms. The van der Waals surface area contributed by atoms with Gasteiger partial charge in [-0.25, -0.2) is 13.1 Å². The molecule has 0 radical (unpaired) electrons. The predicted molar refractivity (Wildman–Crippen MR) is 123 cm³/mol. The summed E-state index contributed by atoms with van der Waals surface area (Å²) in [5.41, 5.74) is 0.877. The average molecular weight is 455 g/mol. The van der Waals surface area contributed by atoms with Crippen molar-refractivity contribution in [3.63, 3.8) is 0 Å². The van der Waals surface area contributed by atoms with Crippen LogP contribution in [0.3, 0.4) is 0 Å². The maximum atomic E-state index is 12.2. The van der Waals surface area contributed by atoms with Gasteiger partial charge in [0.15, 0.2) is 0 Å². The van der Waals surface area contributed by atoms with E-state index in [0.717, 1.165) is 43.2 Å². The van der Waals surface area contributed by atoms with Crippen LogP contribution >= 0.6 is 0 Å². The van der Waals surface area contributed by atoms with Gasteiger partial charge >= 0.3 is 5.97 Å². The smallest absolute Gasteiger partial charge is 0.304 e. The Balaban J connectivity index is 1.76. The molecule has 0 aliphatic carbocycles. The second kappa shape index (κ2) is 13.7. The topological polar surface area (TPSA) is 105 Å². The lowest BCUT2D eigenvalue weighted by Crippen LogP contribution is -2.39. The molecule has 176 valence electrons. The van der Waals surface area contributed by atoms with Gasteiger partial charge in [-0.3, -0.25) is 4.79 Å². The fourth-order valence-corrected chi connectivity index (χ4v) is 5.38. The lowest BCUT2D eigenvalue weighted by molar-refractivity contribution is -0.137. The molecule has 0 amide bonds. The minimum absolute atomic E-state index is 0.0179. The Morgan fingerprint density at radius 1 is 1.19 bits per heavy atom. The zero-order valence-corrected chi connectivity index (χ0v) is 19.5. The van der Waals surface area contributed by atoms with Gasteiger partial charge in [0.25, 0.3) is 0 Å². The van der Waals surface area contributed by atoms with Gasteiger partial charge in [0, 0.05) is 6.04 Å². The number of hydrogen-bond donors (Lipinski definition) is 3. The third kappa shape index (κ3) is 11.0. The van der Waals surface area contributed by atoms with Gasteiger partial charge in [-0.15, -0.1) is 0 Å². The van der Waals surface area contributed by atoms with Crippen molar-refractivity contribution in [3.05, 3.63) is 29.8 Å². The van der Waals surface area contributed by atoms with Crippen molar-refractivity contribution in [1.29, 1.82) is 0 Å². The Kier molecular flexibility index (Phi) is 11.3. The summed E-state index contributed by atoms with van der Waals surface area (Å²) in [6, 6.07) is 6.82. The van der Waals surface area contributed by atoms with Gasteiger partial charge in [-0.1, -0.05) is 31.9 Å². The van der Waals surface area contributed by atoms with E-state index in [9.17, 15) is 13.2 Å². The lowest BCUT2D eigenvalue weighted by atomic mass is 9.93. The fourth-order valence-electron chi connectivity index (χ4n) is 3.92. The number of carboxylic acid groups (broad SMARTS) is 1. The summed E-state index contributed by atoms with van der Waals surface area (Å²) >= 11 is 0. The van der Waals surface area contributed by atoms with Crippen molar-refractivity contribution in [2.24, 2.45) is 5.92 Å². The number of unbranched alkanes of at least 4 members (excludes halogenated alkanes) is 2. The van der Waals surface area contributed by atoms with Crippen LogP contribution in [0.1, 0.15) is 63.9 Å². The maximum Gasteiger partial charge on any atom is 0.304 e. The summed E-state index contributed by atoms with van der Waals surface area (Å²) in [6.07, 6.45) is 7.44. The minimum Gasteiger partial charge on any atom is -0.494 e. The summed E-state index contributed by atoms with van der Waals surface area (Å²) in [5.74, 6) is 0.625. The highest BCUT2D eigenvalue weighted by Gasteiger charge is 2.20. The molecule has 1 aromatic carbocycles. The van der Waals surface area contributed by atoms with E-state index in [0.29, 0.717) is 19.4 Å². The molecule has 31 heavy (non-hydrogen) atoms. The van der Waals surface area contributed by atoms with Gasteiger partial charge in [0.2, 0.25) is 10.0 Å². The zero-order chi connectivity index (χ0) is 22.5. The molecule has 1 fully saturated rings. The van der Waals surface area contributed by atoms with Gasteiger partial charge in [-0.05, 0) is 75.2 Å². The van der Waals surface area contributed by atoms with Crippen molar-refractivity contribution in [2.45, 2.75) is 70.8 Å². The molecule has 2 rings (SSSR count). The zero-order valence-electron chi connectivity index (χ0n) is 18.6. The van der Waals surface area contributed by atoms with Crippen molar-refractivity contribution in [1.82, 2.24) is 10.0 Å². The molecule has 1 atom stereocenters. The van der Waals surface area contributed by atoms with Gasteiger partial charge in [-0.2, -0.15) is 0 Å². The summed E-state index contributed by atoms with van der Waals surface area (Å²) < 4.78 is 32.7. The van der Waals surface area contributed by atoms with E-state index < -0.39 is 22.0 Å². The molecule has 1 saturated heterocycles. The first-order valence-corrected chi connectivity index (χ1v) is 13.2. The Labute approximate surface area is 187 Å². The Morgan fingerprint density at radius 3 is 2.55 bits per heavy atom.